The van der Waals surface area contributed by atoms with Gasteiger partial charge in [0.05, 0.1) is 0 Å². The van der Waals surface area contributed by atoms with Gasteiger partial charge in [-0.25, -0.2) is 0 Å². The Kier molecular flexibility index (Phi) is 5.13. The van der Waals surface area contributed by atoms with E-state index < -0.39 is 0 Å². The Balaban J connectivity index is 1.72. The fourth-order valence-corrected chi connectivity index (χ4v) is 4.04. The molecule has 2 rings (SSSR count). The van der Waals surface area contributed by atoms with Gasteiger partial charge >= 0.3 is 0 Å². The van der Waals surface area contributed by atoms with Crippen molar-refractivity contribution in [3.8, 4) is 0 Å². The molecule has 0 saturated heterocycles. The van der Waals surface area contributed by atoms with E-state index >= 15 is 0 Å². The lowest BCUT2D eigenvalue weighted by molar-refractivity contribution is 0.449. The van der Waals surface area contributed by atoms with E-state index in [0.29, 0.717) is 0 Å². The smallest absolute Gasteiger partial charge is 0.0138 e. The highest BCUT2D eigenvalue weighted by molar-refractivity contribution is 8.00. The van der Waals surface area contributed by atoms with Crippen molar-refractivity contribution in [2.75, 3.05) is 13.1 Å². The van der Waals surface area contributed by atoms with Gasteiger partial charge in [0, 0.05) is 10.1 Å². The molecule has 1 aliphatic heterocycles. The van der Waals surface area contributed by atoms with Crippen molar-refractivity contribution < 1.29 is 0 Å². The lowest BCUT2D eigenvalue weighted by Crippen LogP contribution is -2.26. The van der Waals surface area contributed by atoms with Crippen LogP contribution in [-0.2, 0) is 6.42 Å². The topological polar surface area (TPSA) is 12.0 Å². The first kappa shape index (κ1) is 14.0. The molecule has 0 radical (unpaired) electrons. The number of rotatable bonds is 6. The highest BCUT2D eigenvalue weighted by Crippen LogP contribution is 2.39. The van der Waals surface area contributed by atoms with Crippen molar-refractivity contribution in [3.05, 3.63) is 29.8 Å². The predicted octanol–water partition coefficient (Wildman–Crippen LogP) is 3.98. The van der Waals surface area contributed by atoms with Crippen molar-refractivity contribution in [1.29, 1.82) is 0 Å². The van der Waals surface area contributed by atoms with Crippen LogP contribution in [0.15, 0.2) is 29.2 Å². The summed E-state index contributed by atoms with van der Waals surface area (Å²) in [5.74, 6) is 1.53. The summed E-state index contributed by atoms with van der Waals surface area (Å²) in [6.07, 6.45) is 2.58. The molecule has 18 heavy (non-hydrogen) atoms. The van der Waals surface area contributed by atoms with Gasteiger partial charge in [0.1, 0.15) is 0 Å². The van der Waals surface area contributed by atoms with E-state index in [9.17, 15) is 0 Å². The highest BCUT2D eigenvalue weighted by atomic mass is 32.2. The summed E-state index contributed by atoms with van der Waals surface area (Å²) in [5.41, 5.74) is 1.55. The standard InChI is InChI=1S/C16H25NS/c1-12(2)10-17-11-13(3)8-15-9-14-6-4-5-7-16(14)18-15/h4-7,12-13,15,17H,8-11H2,1-3H3. The Hall–Kier alpha value is -0.470. The summed E-state index contributed by atoms with van der Waals surface area (Å²) in [5, 5.41) is 4.36. The third-order valence-corrected chi connectivity index (χ3v) is 4.77. The van der Waals surface area contributed by atoms with Crippen LogP contribution >= 0.6 is 11.8 Å². The molecule has 1 nitrogen and oxygen atoms in total. The van der Waals surface area contributed by atoms with Crippen LogP contribution in [0.25, 0.3) is 0 Å². The zero-order valence-corrected chi connectivity index (χ0v) is 12.6. The summed E-state index contributed by atoms with van der Waals surface area (Å²) in [4.78, 5) is 1.50. The van der Waals surface area contributed by atoms with Gasteiger partial charge in [-0.3, -0.25) is 0 Å². The molecule has 1 heterocycles. The molecule has 100 valence electrons. The molecule has 1 aromatic carbocycles. The zero-order chi connectivity index (χ0) is 13.0. The molecule has 1 aliphatic rings. The molecule has 0 spiro atoms. The SMILES string of the molecule is CC(C)CNCC(C)CC1Cc2ccccc2S1. The van der Waals surface area contributed by atoms with Crippen LogP contribution in [0.4, 0.5) is 0 Å². The molecule has 2 atom stereocenters. The first-order chi connectivity index (χ1) is 8.65. The van der Waals surface area contributed by atoms with Crippen LogP contribution < -0.4 is 5.32 Å². The van der Waals surface area contributed by atoms with E-state index in [0.717, 1.165) is 30.2 Å². The first-order valence-electron chi connectivity index (χ1n) is 7.10. The average Bonchev–Trinajstić information content (AvgIpc) is 2.70. The number of hydrogen-bond acceptors (Lipinski definition) is 2. The second-order valence-corrected chi connectivity index (χ2v) is 7.29. The maximum atomic E-state index is 3.57. The molecule has 0 saturated carbocycles. The van der Waals surface area contributed by atoms with Gasteiger partial charge < -0.3 is 5.32 Å². The Morgan fingerprint density at radius 1 is 1.22 bits per heavy atom. The van der Waals surface area contributed by atoms with Gasteiger partial charge in [-0.05, 0) is 49.4 Å². The Labute approximate surface area is 116 Å². The average molecular weight is 263 g/mol. The van der Waals surface area contributed by atoms with Gasteiger partial charge in [-0.15, -0.1) is 11.8 Å². The first-order valence-corrected chi connectivity index (χ1v) is 7.98. The fraction of sp³-hybridized carbons (Fsp3) is 0.625. The van der Waals surface area contributed by atoms with Crippen LogP contribution in [0, 0.1) is 11.8 Å². The molecular weight excluding hydrogens is 238 g/mol. The highest BCUT2D eigenvalue weighted by Gasteiger charge is 2.23. The predicted molar refractivity (Wildman–Crippen MR) is 81.3 cm³/mol. The molecule has 2 heteroatoms. The van der Waals surface area contributed by atoms with E-state index in [1.165, 1.54) is 17.7 Å². The number of fused-ring (bicyclic) bond motifs is 1. The molecule has 0 fully saturated rings. The van der Waals surface area contributed by atoms with Gasteiger partial charge in [-0.2, -0.15) is 0 Å². The van der Waals surface area contributed by atoms with Crippen LogP contribution in [0.2, 0.25) is 0 Å². The molecule has 0 bridgehead atoms. The van der Waals surface area contributed by atoms with Crippen molar-refractivity contribution >= 4 is 11.8 Å². The van der Waals surface area contributed by atoms with E-state index in [2.05, 4.69) is 62.1 Å². The lowest BCUT2D eigenvalue weighted by Gasteiger charge is -2.17. The maximum absolute atomic E-state index is 3.57. The van der Waals surface area contributed by atoms with Gasteiger partial charge in [-0.1, -0.05) is 39.0 Å². The third kappa shape index (κ3) is 4.03. The molecule has 1 N–H and O–H groups in total. The second kappa shape index (κ2) is 6.63. The maximum Gasteiger partial charge on any atom is 0.0138 e. The summed E-state index contributed by atoms with van der Waals surface area (Å²) >= 11 is 2.08. The van der Waals surface area contributed by atoms with Crippen LogP contribution in [-0.4, -0.2) is 18.3 Å². The Bertz CT molecular complexity index is 350. The monoisotopic (exact) mass is 263 g/mol. The van der Waals surface area contributed by atoms with Crippen molar-refractivity contribution in [3.63, 3.8) is 0 Å². The van der Waals surface area contributed by atoms with E-state index in [1.807, 2.05) is 0 Å². The number of nitrogens with one attached hydrogen (secondary N) is 1. The van der Waals surface area contributed by atoms with E-state index in [-0.39, 0.29) is 0 Å². The minimum atomic E-state index is 0.752. The van der Waals surface area contributed by atoms with E-state index in [1.54, 1.807) is 5.56 Å². The van der Waals surface area contributed by atoms with Crippen LogP contribution in [0.5, 0.6) is 0 Å². The van der Waals surface area contributed by atoms with Gasteiger partial charge in [0.15, 0.2) is 0 Å². The Morgan fingerprint density at radius 3 is 2.72 bits per heavy atom. The van der Waals surface area contributed by atoms with Crippen molar-refractivity contribution in [2.45, 2.75) is 43.8 Å². The minimum absolute atomic E-state index is 0.752. The minimum Gasteiger partial charge on any atom is -0.316 e. The molecule has 0 amide bonds. The number of benzene rings is 1. The largest absolute Gasteiger partial charge is 0.316 e. The number of thioether (sulfide) groups is 1. The van der Waals surface area contributed by atoms with Crippen LogP contribution in [0.1, 0.15) is 32.8 Å². The third-order valence-electron chi connectivity index (χ3n) is 3.42. The van der Waals surface area contributed by atoms with E-state index in [4.69, 9.17) is 0 Å². The fourth-order valence-electron chi connectivity index (χ4n) is 2.54. The zero-order valence-electron chi connectivity index (χ0n) is 11.8. The second-order valence-electron chi connectivity index (χ2n) is 5.94. The molecule has 2 unspecified atom stereocenters. The lowest BCUT2D eigenvalue weighted by atomic mass is 10.0. The summed E-state index contributed by atoms with van der Waals surface area (Å²) < 4.78 is 0. The molecule has 0 aromatic heterocycles. The summed E-state index contributed by atoms with van der Waals surface area (Å²) in [7, 11) is 0. The van der Waals surface area contributed by atoms with Gasteiger partial charge in [0.2, 0.25) is 0 Å². The summed E-state index contributed by atoms with van der Waals surface area (Å²) in [6, 6.07) is 8.86. The van der Waals surface area contributed by atoms with Gasteiger partial charge in [0.25, 0.3) is 0 Å². The molecule has 0 aliphatic carbocycles. The molecular formula is C16H25NS. The van der Waals surface area contributed by atoms with Crippen molar-refractivity contribution in [1.82, 2.24) is 5.32 Å². The number of hydrogen-bond donors (Lipinski definition) is 1. The molecule has 1 aromatic rings. The normalized spacial score (nSPS) is 20.1. The van der Waals surface area contributed by atoms with Crippen LogP contribution in [0.3, 0.4) is 0 Å². The summed E-state index contributed by atoms with van der Waals surface area (Å²) in [6.45, 7) is 9.20. The quantitative estimate of drug-likeness (QED) is 0.833. The Morgan fingerprint density at radius 2 is 2.00 bits per heavy atom. The van der Waals surface area contributed by atoms with Crippen molar-refractivity contribution in [2.24, 2.45) is 11.8 Å².